The summed E-state index contributed by atoms with van der Waals surface area (Å²) in [5, 5.41) is 2.61. The molecule has 1 saturated heterocycles. The van der Waals surface area contributed by atoms with Gasteiger partial charge in [-0.1, -0.05) is 54.1 Å². The van der Waals surface area contributed by atoms with Crippen molar-refractivity contribution >= 4 is 32.4 Å². The highest BCUT2D eigenvalue weighted by atomic mass is 35.5. The molecule has 0 radical (unpaired) electrons. The molecule has 0 atom stereocenters. The molecule has 0 N–H and O–H groups in total. The molecule has 1 aliphatic heterocycles. The Hall–Kier alpha value is -1.92. The van der Waals surface area contributed by atoms with Gasteiger partial charge in [-0.2, -0.15) is 4.31 Å². The van der Waals surface area contributed by atoms with Gasteiger partial charge in [0.05, 0.1) is 4.90 Å². The van der Waals surface area contributed by atoms with Crippen molar-refractivity contribution in [3.8, 4) is 0 Å². The van der Waals surface area contributed by atoms with Gasteiger partial charge in [0.25, 0.3) is 0 Å². The van der Waals surface area contributed by atoms with Gasteiger partial charge in [0, 0.05) is 24.7 Å². The second-order valence-corrected chi connectivity index (χ2v) is 9.90. The van der Waals surface area contributed by atoms with Gasteiger partial charge >= 0.3 is 0 Å². The molecule has 0 spiro atoms. The van der Waals surface area contributed by atoms with Crippen molar-refractivity contribution in [3.63, 3.8) is 0 Å². The van der Waals surface area contributed by atoms with E-state index >= 15 is 0 Å². The van der Waals surface area contributed by atoms with Crippen molar-refractivity contribution in [1.82, 2.24) is 9.21 Å². The number of rotatable bonds is 7. The average molecular weight is 429 g/mol. The highest BCUT2D eigenvalue weighted by molar-refractivity contribution is 7.89. The van der Waals surface area contributed by atoms with Crippen molar-refractivity contribution in [2.75, 3.05) is 26.2 Å². The van der Waals surface area contributed by atoms with E-state index in [2.05, 4.69) is 4.90 Å². The molecule has 0 saturated carbocycles. The van der Waals surface area contributed by atoms with Gasteiger partial charge in [-0.25, -0.2) is 8.42 Å². The van der Waals surface area contributed by atoms with Gasteiger partial charge in [-0.05, 0) is 66.5 Å². The van der Waals surface area contributed by atoms with E-state index in [-0.39, 0.29) is 0 Å². The molecule has 29 heavy (non-hydrogen) atoms. The minimum atomic E-state index is -3.62. The van der Waals surface area contributed by atoms with Gasteiger partial charge in [0.1, 0.15) is 0 Å². The molecular weight excluding hydrogens is 404 g/mol. The summed E-state index contributed by atoms with van der Waals surface area (Å²) in [7, 11) is -3.62. The number of likely N-dealkylation sites (tertiary alicyclic amines) is 1. The van der Waals surface area contributed by atoms with Gasteiger partial charge in [-0.15, -0.1) is 0 Å². The van der Waals surface area contributed by atoms with Crippen molar-refractivity contribution in [3.05, 3.63) is 77.3 Å². The van der Waals surface area contributed by atoms with Crippen LogP contribution in [0.1, 0.15) is 18.4 Å². The maximum absolute atomic E-state index is 13.5. The summed E-state index contributed by atoms with van der Waals surface area (Å²) in [4.78, 5) is 2.68. The summed E-state index contributed by atoms with van der Waals surface area (Å²) in [5.74, 6) is 0. The topological polar surface area (TPSA) is 40.6 Å². The number of hydrogen-bond acceptors (Lipinski definition) is 3. The lowest BCUT2D eigenvalue weighted by Gasteiger charge is -2.25. The predicted molar refractivity (Wildman–Crippen MR) is 119 cm³/mol. The Balaban J connectivity index is 1.63. The zero-order valence-corrected chi connectivity index (χ0v) is 17.9. The number of hydrogen-bond donors (Lipinski definition) is 0. The Kier molecular flexibility index (Phi) is 6.20. The van der Waals surface area contributed by atoms with Crippen LogP contribution in [-0.4, -0.2) is 43.8 Å². The van der Waals surface area contributed by atoms with E-state index in [1.165, 1.54) is 12.8 Å². The Morgan fingerprint density at radius 3 is 2.31 bits per heavy atom. The first kappa shape index (κ1) is 20.4. The molecule has 4 rings (SSSR count). The summed E-state index contributed by atoms with van der Waals surface area (Å²) in [6, 6.07) is 20.6. The normalized spacial score (nSPS) is 15.4. The molecule has 1 fully saturated rings. The standard InChI is InChI=1S/C23H25ClN2O2S/c24-22-10-7-19(8-11-22)18-26(16-15-25-13-3-4-14-25)29(27,28)23-12-9-20-5-1-2-6-21(20)17-23/h1-2,5-12,17H,3-4,13-16,18H2. The number of halogens is 1. The smallest absolute Gasteiger partial charge is 0.243 e. The van der Waals surface area contributed by atoms with Gasteiger partial charge < -0.3 is 4.90 Å². The van der Waals surface area contributed by atoms with Crippen LogP contribution in [-0.2, 0) is 16.6 Å². The van der Waals surface area contributed by atoms with Crippen LogP contribution < -0.4 is 0 Å². The first-order valence-corrected chi connectivity index (χ1v) is 11.8. The summed E-state index contributed by atoms with van der Waals surface area (Å²) in [6.45, 7) is 3.65. The zero-order valence-electron chi connectivity index (χ0n) is 16.3. The Bertz CT molecular complexity index is 1080. The Morgan fingerprint density at radius 2 is 1.59 bits per heavy atom. The summed E-state index contributed by atoms with van der Waals surface area (Å²) in [5.41, 5.74) is 0.931. The van der Waals surface area contributed by atoms with Crippen LogP contribution in [0.4, 0.5) is 0 Å². The summed E-state index contributed by atoms with van der Waals surface area (Å²) in [6.07, 6.45) is 2.38. The van der Waals surface area contributed by atoms with Crippen molar-refractivity contribution in [2.24, 2.45) is 0 Å². The molecule has 0 aromatic heterocycles. The monoisotopic (exact) mass is 428 g/mol. The number of nitrogens with zero attached hydrogens (tertiary/aromatic N) is 2. The van der Waals surface area contributed by atoms with Crippen LogP contribution in [0.3, 0.4) is 0 Å². The molecule has 152 valence electrons. The van der Waals surface area contributed by atoms with Crippen LogP contribution in [0, 0.1) is 0 Å². The van der Waals surface area contributed by atoms with Gasteiger partial charge in [0.2, 0.25) is 10.0 Å². The molecule has 0 unspecified atom stereocenters. The summed E-state index contributed by atoms with van der Waals surface area (Å²) < 4.78 is 28.7. The zero-order chi connectivity index (χ0) is 20.3. The predicted octanol–water partition coefficient (Wildman–Crippen LogP) is 4.78. The van der Waals surface area contributed by atoms with Crippen LogP contribution in [0.15, 0.2) is 71.6 Å². The maximum atomic E-state index is 13.5. The maximum Gasteiger partial charge on any atom is 0.243 e. The second-order valence-electron chi connectivity index (χ2n) is 7.52. The molecule has 3 aromatic rings. The van der Waals surface area contributed by atoms with Crippen molar-refractivity contribution in [1.29, 1.82) is 0 Å². The second kappa shape index (κ2) is 8.84. The SMILES string of the molecule is O=S(=O)(c1ccc2ccccc2c1)N(CCN1CCCC1)Cc1ccc(Cl)cc1. The molecule has 0 bridgehead atoms. The fourth-order valence-electron chi connectivity index (χ4n) is 3.81. The van der Waals surface area contributed by atoms with E-state index in [1.807, 2.05) is 42.5 Å². The largest absolute Gasteiger partial charge is 0.302 e. The van der Waals surface area contributed by atoms with E-state index < -0.39 is 10.0 Å². The van der Waals surface area contributed by atoms with Gasteiger partial charge in [0.15, 0.2) is 0 Å². The lowest BCUT2D eigenvalue weighted by atomic mass is 10.1. The lowest BCUT2D eigenvalue weighted by Crippen LogP contribution is -2.37. The molecule has 1 aliphatic rings. The van der Waals surface area contributed by atoms with E-state index in [0.717, 1.165) is 36.0 Å². The third-order valence-corrected chi connectivity index (χ3v) is 7.59. The molecule has 6 heteroatoms. The molecule has 4 nitrogen and oxygen atoms in total. The highest BCUT2D eigenvalue weighted by Gasteiger charge is 2.26. The van der Waals surface area contributed by atoms with E-state index in [1.54, 1.807) is 28.6 Å². The van der Waals surface area contributed by atoms with Crippen LogP contribution >= 0.6 is 11.6 Å². The van der Waals surface area contributed by atoms with Crippen LogP contribution in [0.5, 0.6) is 0 Å². The minimum Gasteiger partial charge on any atom is -0.302 e. The fraction of sp³-hybridized carbons (Fsp3) is 0.304. The number of fused-ring (bicyclic) bond motifs is 1. The first-order valence-electron chi connectivity index (χ1n) is 9.98. The quantitative estimate of drug-likeness (QED) is 0.543. The summed E-state index contributed by atoms with van der Waals surface area (Å²) >= 11 is 6.00. The molecule has 0 amide bonds. The van der Waals surface area contributed by atoms with Crippen molar-refractivity contribution in [2.45, 2.75) is 24.3 Å². The lowest BCUT2D eigenvalue weighted by molar-refractivity contribution is 0.292. The van der Waals surface area contributed by atoms with E-state index in [0.29, 0.717) is 23.0 Å². The number of benzene rings is 3. The fourth-order valence-corrected chi connectivity index (χ4v) is 5.39. The van der Waals surface area contributed by atoms with Gasteiger partial charge in [-0.3, -0.25) is 0 Å². The van der Waals surface area contributed by atoms with Crippen molar-refractivity contribution < 1.29 is 8.42 Å². The molecule has 0 aliphatic carbocycles. The van der Waals surface area contributed by atoms with E-state index in [4.69, 9.17) is 11.6 Å². The molecule has 1 heterocycles. The Morgan fingerprint density at radius 1 is 0.897 bits per heavy atom. The number of sulfonamides is 1. The van der Waals surface area contributed by atoms with Crippen LogP contribution in [0.25, 0.3) is 10.8 Å². The average Bonchev–Trinajstić information content (AvgIpc) is 3.25. The minimum absolute atomic E-state index is 0.334. The third kappa shape index (κ3) is 4.81. The third-order valence-electron chi connectivity index (χ3n) is 5.50. The van der Waals surface area contributed by atoms with Crippen LogP contribution in [0.2, 0.25) is 5.02 Å². The highest BCUT2D eigenvalue weighted by Crippen LogP contribution is 2.24. The molecule has 3 aromatic carbocycles. The Labute approximate surface area is 177 Å². The van der Waals surface area contributed by atoms with E-state index in [9.17, 15) is 8.42 Å². The molecular formula is C23H25ClN2O2S. The first-order chi connectivity index (χ1) is 14.0.